The molecule has 0 spiro atoms. The van der Waals surface area contributed by atoms with Crippen LogP contribution in [-0.2, 0) is 10.0 Å². The van der Waals surface area contributed by atoms with Crippen molar-refractivity contribution in [1.82, 2.24) is 24.5 Å². The number of nitrogens with zero attached hydrogens (tertiary/aromatic N) is 4. The smallest absolute Gasteiger partial charge is 0.391 e. The minimum atomic E-state index is -4.26. The second kappa shape index (κ2) is 8.82. The molecular weight excluding hydrogens is 493 g/mol. The van der Waals surface area contributed by atoms with Gasteiger partial charge in [-0.2, -0.15) is 22.6 Å². The number of nitrogens with one attached hydrogen (secondary N) is 2. The number of anilines is 1. The molecule has 0 radical (unpaired) electrons. The molecule has 1 fully saturated rings. The van der Waals surface area contributed by atoms with E-state index in [0.29, 0.717) is 24.5 Å². The molecule has 3 aromatic rings. The summed E-state index contributed by atoms with van der Waals surface area (Å²) < 4.78 is 78.0. The molecular formula is C20H21F3N6O3S2. The van der Waals surface area contributed by atoms with E-state index in [1.807, 2.05) is 4.90 Å². The van der Waals surface area contributed by atoms with Crippen LogP contribution >= 0.6 is 11.5 Å². The van der Waals surface area contributed by atoms with Crippen molar-refractivity contribution in [2.45, 2.75) is 42.4 Å². The predicted octanol–water partition coefficient (Wildman–Crippen LogP) is 3.90. The van der Waals surface area contributed by atoms with E-state index in [2.05, 4.69) is 24.3 Å². The van der Waals surface area contributed by atoms with Crippen molar-refractivity contribution < 1.29 is 26.3 Å². The van der Waals surface area contributed by atoms with Crippen molar-refractivity contribution in [3.8, 4) is 5.75 Å². The lowest BCUT2D eigenvalue weighted by Crippen LogP contribution is -2.44. The van der Waals surface area contributed by atoms with E-state index in [4.69, 9.17) is 4.74 Å². The fourth-order valence-corrected chi connectivity index (χ4v) is 6.34. The summed E-state index contributed by atoms with van der Waals surface area (Å²) in [5, 5.41) is 6.92. The summed E-state index contributed by atoms with van der Waals surface area (Å²) >= 11 is 0.916. The molecule has 0 aliphatic carbocycles. The van der Waals surface area contributed by atoms with Crippen LogP contribution in [0.4, 0.5) is 18.3 Å². The van der Waals surface area contributed by atoms with Crippen molar-refractivity contribution in [3.63, 3.8) is 0 Å². The number of alkyl halides is 3. The molecule has 2 aliphatic heterocycles. The number of aromatic amines is 1. The molecule has 1 saturated heterocycles. The molecule has 14 heteroatoms. The molecule has 2 N–H and O–H groups in total. The van der Waals surface area contributed by atoms with Gasteiger partial charge in [-0.15, -0.1) is 0 Å². The van der Waals surface area contributed by atoms with Gasteiger partial charge in [0.05, 0.1) is 29.2 Å². The van der Waals surface area contributed by atoms with Gasteiger partial charge in [-0.25, -0.2) is 13.4 Å². The molecule has 0 bridgehead atoms. The van der Waals surface area contributed by atoms with Crippen LogP contribution in [0.2, 0.25) is 0 Å². The third-order valence-electron chi connectivity index (χ3n) is 6.27. The van der Waals surface area contributed by atoms with Crippen LogP contribution in [0.5, 0.6) is 5.75 Å². The number of aromatic nitrogens is 4. The summed E-state index contributed by atoms with van der Waals surface area (Å²) in [7, 11) is -3.90. The highest BCUT2D eigenvalue weighted by Crippen LogP contribution is 2.47. The van der Waals surface area contributed by atoms with E-state index in [-0.39, 0.29) is 35.5 Å². The van der Waals surface area contributed by atoms with Crippen LogP contribution < -0.4 is 9.46 Å². The Balaban J connectivity index is 1.44. The number of halogens is 3. The summed E-state index contributed by atoms with van der Waals surface area (Å²) in [6.07, 6.45) is -0.980. The van der Waals surface area contributed by atoms with Gasteiger partial charge in [0.1, 0.15) is 12.1 Å². The van der Waals surface area contributed by atoms with Crippen LogP contribution in [-0.4, -0.2) is 52.2 Å². The van der Waals surface area contributed by atoms with Crippen molar-refractivity contribution in [1.29, 1.82) is 0 Å². The zero-order chi connectivity index (χ0) is 23.9. The maximum Gasteiger partial charge on any atom is 0.391 e. The van der Waals surface area contributed by atoms with Gasteiger partial charge in [0.15, 0.2) is 0 Å². The normalized spacial score (nSPS) is 23.8. The van der Waals surface area contributed by atoms with Gasteiger partial charge in [0.2, 0.25) is 5.13 Å². The average Bonchev–Trinajstić information content (AvgIpc) is 3.51. The zero-order valence-corrected chi connectivity index (χ0v) is 19.3. The number of benzene rings is 1. The van der Waals surface area contributed by atoms with Crippen molar-refractivity contribution >= 4 is 26.7 Å². The minimum Gasteiger partial charge on any atom is -0.493 e. The summed E-state index contributed by atoms with van der Waals surface area (Å²) in [6, 6.07) is 5.57. The summed E-state index contributed by atoms with van der Waals surface area (Å²) in [5.41, 5.74) is 1.37. The van der Waals surface area contributed by atoms with Gasteiger partial charge in [0, 0.05) is 48.4 Å². The lowest BCUT2D eigenvalue weighted by Gasteiger charge is -2.45. The number of piperidine rings is 1. The maximum atomic E-state index is 13.5. The Kier molecular flexibility index (Phi) is 5.98. The first-order valence-electron chi connectivity index (χ1n) is 10.6. The minimum absolute atomic E-state index is 0.000933. The highest BCUT2D eigenvalue weighted by atomic mass is 32.2. The Hall–Kier alpha value is -2.71. The van der Waals surface area contributed by atoms with E-state index in [1.54, 1.807) is 12.1 Å². The number of fused-ring (bicyclic) bond motifs is 1. The van der Waals surface area contributed by atoms with Crippen molar-refractivity contribution in [2.75, 3.05) is 17.9 Å². The number of ether oxygens (including phenoxy) is 1. The second-order valence-electron chi connectivity index (χ2n) is 8.23. The first-order valence-corrected chi connectivity index (χ1v) is 12.9. The van der Waals surface area contributed by atoms with Crippen LogP contribution in [0.15, 0.2) is 41.7 Å². The SMILES string of the molecule is O=S(=O)(Nc1ncns1)c1ccc2c(c1)OCC[C@@H]2N1CC[C@H](C(F)(F)F)C[C@@H]1c1ccn[nH]1. The molecule has 5 rings (SSSR count). The number of hydrogen-bond donors (Lipinski definition) is 2. The Morgan fingerprint density at radius 2 is 2.06 bits per heavy atom. The monoisotopic (exact) mass is 514 g/mol. The van der Waals surface area contributed by atoms with Crippen LogP contribution in [0, 0.1) is 5.92 Å². The van der Waals surface area contributed by atoms with E-state index < -0.39 is 28.2 Å². The Morgan fingerprint density at radius 1 is 1.21 bits per heavy atom. The summed E-state index contributed by atoms with van der Waals surface area (Å²) in [6.45, 7) is 0.566. The van der Waals surface area contributed by atoms with E-state index >= 15 is 0 Å². The molecule has 3 atom stereocenters. The molecule has 34 heavy (non-hydrogen) atoms. The van der Waals surface area contributed by atoms with E-state index in [1.165, 1.54) is 24.7 Å². The number of likely N-dealkylation sites (tertiary alicyclic amines) is 1. The number of H-pyrrole nitrogens is 1. The quantitative estimate of drug-likeness (QED) is 0.531. The largest absolute Gasteiger partial charge is 0.493 e. The first kappa shape index (κ1) is 23.1. The molecule has 0 saturated carbocycles. The van der Waals surface area contributed by atoms with Crippen molar-refractivity contribution in [2.24, 2.45) is 5.92 Å². The molecule has 9 nitrogen and oxygen atoms in total. The molecule has 2 aromatic heterocycles. The molecule has 1 aromatic carbocycles. The third kappa shape index (κ3) is 4.49. The van der Waals surface area contributed by atoms with Crippen LogP contribution in [0.25, 0.3) is 0 Å². The van der Waals surface area contributed by atoms with Crippen LogP contribution in [0.1, 0.15) is 42.6 Å². The standard InChI is InChI=1S/C20H21F3N6O3S2/c21-20(22,23)12-4-7-29(17(9-12)15-3-6-25-27-15)16-5-8-32-18-10-13(1-2-14(16)18)34(30,31)28-19-24-11-26-33-19/h1-3,6,10-12,16-17H,4-5,7-9H2,(H,25,27)(H,24,26,28)/t12-,16-,17+/m0/s1. The average molecular weight is 515 g/mol. The highest BCUT2D eigenvalue weighted by Gasteiger charge is 2.47. The van der Waals surface area contributed by atoms with Gasteiger partial charge >= 0.3 is 6.18 Å². The van der Waals surface area contributed by atoms with Crippen LogP contribution in [0.3, 0.4) is 0 Å². The molecule has 2 aliphatic rings. The lowest BCUT2D eigenvalue weighted by atomic mass is 9.85. The fourth-order valence-electron chi connectivity index (χ4n) is 4.67. The number of sulfonamides is 1. The zero-order valence-electron chi connectivity index (χ0n) is 17.7. The Bertz CT molecular complexity index is 1230. The van der Waals surface area contributed by atoms with Gasteiger partial charge < -0.3 is 4.74 Å². The highest BCUT2D eigenvalue weighted by molar-refractivity contribution is 7.93. The lowest BCUT2D eigenvalue weighted by molar-refractivity contribution is -0.192. The number of hydrogen-bond acceptors (Lipinski definition) is 8. The topological polar surface area (TPSA) is 113 Å². The fraction of sp³-hybridized carbons (Fsp3) is 0.450. The molecule has 0 amide bonds. The van der Waals surface area contributed by atoms with Gasteiger partial charge in [-0.1, -0.05) is 6.07 Å². The summed E-state index contributed by atoms with van der Waals surface area (Å²) in [5.74, 6) is -0.993. The Labute approximate surface area is 197 Å². The van der Waals surface area contributed by atoms with Gasteiger partial charge in [-0.05, 0) is 25.0 Å². The molecule has 4 heterocycles. The van der Waals surface area contributed by atoms with Crippen molar-refractivity contribution in [3.05, 3.63) is 48.0 Å². The van der Waals surface area contributed by atoms with E-state index in [0.717, 1.165) is 17.1 Å². The second-order valence-corrected chi connectivity index (χ2v) is 10.7. The predicted molar refractivity (Wildman–Crippen MR) is 117 cm³/mol. The third-order valence-corrected chi connectivity index (χ3v) is 8.32. The summed E-state index contributed by atoms with van der Waals surface area (Å²) in [4.78, 5) is 5.88. The maximum absolute atomic E-state index is 13.5. The first-order chi connectivity index (χ1) is 16.2. The molecule has 0 unspecified atom stereocenters. The van der Waals surface area contributed by atoms with E-state index in [9.17, 15) is 21.6 Å². The Morgan fingerprint density at radius 3 is 2.76 bits per heavy atom. The molecule has 182 valence electrons. The van der Waals surface area contributed by atoms with Gasteiger partial charge in [0.25, 0.3) is 10.0 Å². The van der Waals surface area contributed by atoms with Gasteiger partial charge in [-0.3, -0.25) is 14.7 Å². The number of rotatable bonds is 5.